The smallest absolute Gasteiger partial charge is 0.222 e. The van der Waals surface area contributed by atoms with Gasteiger partial charge in [-0.15, -0.1) is 0 Å². The summed E-state index contributed by atoms with van der Waals surface area (Å²) in [4.78, 5) is 17.3. The zero-order chi connectivity index (χ0) is 19.7. The number of benzene rings is 2. The minimum atomic E-state index is -0.433. The fourth-order valence-corrected chi connectivity index (χ4v) is 3.69. The lowest BCUT2D eigenvalue weighted by atomic mass is 9.93. The van der Waals surface area contributed by atoms with E-state index in [1.165, 1.54) is 0 Å². The molecule has 4 rings (SSSR count). The van der Waals surface area contributed by atoms with Crippen LogP contribution in [0.25, 0.3) is 11.1 Å². The molecule has 0 aliphatic carbocycles. The van der Waals surface area contributed by atoms with E-state index in [-0.39, 0.29) is 12.3 Å². The van der Waals surface area contributed by atoms with E-state index < -0.39 is 6.04 Å². The Morgan fingerprint density at radius 1 is 1.14 bits per heavy atom. The molecule has 1 N–H and O–H groups in total. The predicted octanol–water partition coefficient (Wildman–Crippen LogP) is 4.72. The molecule has 0 bridgehead atoms. The number of rotatable bonds is 4. The molecule has 28 heavy (non-hydrogen) atoms. The molecule has 2 aromatic carbocycles. The van der Waals surface area contributed by atoms with Gasteiger partial charge in [-0.05, 0) is 31.5 Å². The van der Waals surface area contributed by atoms with Crippen LogP contribution in [0.2, 0.25) is 5.02 Å². The highest BCUT2D eigenvalue weighted by atomic mass is 35.5. The zero-order valence-corrected chi connectivity index (χ0v) is 16.5. The second-order valence-electron chi connectivity index (χ2n) is 6.70. The van der Waals surface area contributed by atoms with E-state index in [1.807, 2.05) is 62.4 Å². The summed E-state index contributed by atoms with van der Waals surface area (Å²) in [7, 11) is 0. The molecule has 5 nitrogen and oxygen atoms in total. The quantitative estimate of drug-likeness (QED) is 0.697. The number of aliphatic imine (C=N–C) groups is 1. The number of halogens is 1. The largest absolute Gasteiger partial charge is 0.361 e. The first-order valence-electron chi connectivity index (χ1n) is 9.25. The molecule has 3 aromatic rings. The number of fused-ring (bicyclic) bond motifs is 3. The van der Waals surface area contributed by atoms with Gasteiger partial charge in [-0.2, -0.15) is 0 Å². The van der Waals surface area contributed by atoms with E-state index in [1.54, 1.807) is 0 Å². The number of nitrogens with one attached hydrogen (secondary N) is 1. The van der Waals surface area contributed by atoms with Gasteiger partial charge in [-0.25, -0.2) is 0 Å². The van der Waals surface area contributed by atoms with Crippen LogP contribution in [0.1, 0.15) is 42.0 Å². The predicted molar refractivity (Wildman–Crippen MR) is 110 cm³/mol. The molecule has 0 saturated carbocycles. The molecule has 0 fully saturated rings. The monoisotopic (exact) mass is 393 g/mol. The number of hydrogen-bond acceptors (Lipinski definition) is 4. The third-order valence-corrected chi connectivity index (χ3v) is 5.06. The third kappa shape index (κ3) is 3.34. The first-order chi connectivity index (χ1) is 13.6. The molecule has 1 aliphatic heterocycles. The maximum absolute atomic E-state index is 12.3. The van der Waals surface area contributed by atoms with Gasteiger partial charge in [0.05, 0.1) is 17.7 Å². The van der Waals surface area contributed by atoms with Gasteiger partial charge < -0.3 is 9.84 Å². The van der Waals surface area contributed by atoms with Gasteiger partial charge in [0.15, 0.2) is 0 Å². The van der Waals surface area contributed by atoms with Gasteiger partial charge >= 0.3 is 0 Å². The molecule has 1 amide bonds. The molecule has 0 spiro atoms. The Labute approximate surface area is 168 Å². The van der Waals surface area contributed by atoms with Gasteiger partial charge in [0, 0.05) is 22.7 Å². The summed E-state index contributed by atoms with van der Waals surface area (Å²) in [5, 5.41) is 7.78. The SMILES string of the molecule is CCNC(=O)C[C@@H]1N=C(c2ccc(Cl)cc2)c2ccccc2-c2c1noc2C. The third-order valence-electron chi connectivity index (χ3n) is 4.81. The molecule has 0 saturated heterocycles. The highest BCUT2D eigenvalue weighted by Gasteiger charge is 2.30. The summed E-state index contributed by atoms with van der Waals surface area (Å²) >= 11 is 6.08. The number of hydrogen-bond donors (Lipinski definition) is 1. The molecule has 2 heterocycles. The molecule has 0 radical (unpaired) electrons. The van der Waals surface area contributed by atoms with Crippen LogP contribution in [0.3, 0.4) is 0 Å². The summed E-state index contributed by atoms with van der Waals surface area (Å²) < 4.78 is 5.49. The van der Waals surface area contributed by atoms with Gasteiger partial charge in [-0.3, -0.25) is 9.79 Å². The van der Waals surface area contributed by atoms with Crippen LogP contribution in [-0.4, -0.2) is 23.3 Å². The molecular formula is C22H20ClN3O2. The normalized spacial score (nSPS) is 15.2. The number of carbonyl (C=O) groups is 1. The zero-order valence-electron chi connectivity index (χ0n) is 15.7. The highest BCUT2D eigenvalue weighted by molar-refractivity contribution is 6.30. The summed E-state index contributed by atoms with van der Waals surface area (Å²) in [5.74, 6) is 0.653. The topological polar surface area (TPSA) is 67.5 Å². The van der Waals surface area contributed by atoms with Crippen molar-refractivity contribution in [2.45, 2.75) is 26.3 Å². The van der Waals surface area contributed by atoms with Crippen molar-refractivity contribution in [2.24, 2.45) is 4.99 Å². The Bertz CT molecular complexity index is 1050. The number of aryl methyl sites for hydroxylation is 1. The maximum Gasteiger partial charge on any atom is 0.222 e. The van der Waals surface area contributed by atoms with Crippen LogP contribution < -0.4 is 5.32 Å². The van der Waals surface area contributed by atoms with Crippen molar-refractivity contribution in [1.82, 2.24) is 10.5 Å². The number of aromatic nitrogens is 1. The number of nitrogens with zero attached hydrogens (tertiary/aromatic N) is 2. The maximum atomic E-state index is 12.3. The summed E-state index contributed by atoms with van der Waals surface area (Å²) in [6, 6.07) is 15.2. The second-order valence-corrected chi connectivity index (χ2v) is 7.14. The number of amides is 1. The fraction of sp³-hybridized carbons (Fsp3) is 0.227. The Morgan fingerprint density at radius 2 is 1.86 bits per heavy atom. The van der Waals surface area contributed by atoms with Gasteiger partial charge in [-0.1, -0.05) is 53.2 Å². The Balaban J connectivity index is 1.92. The molecule has 1 aliphatic rings. The molecular weight excluding hydrogens is 374 g/mol. The van der Waals surface area contributed by atoms with E-state index in [9.17, 15) is 4.79 Å². The standard InChI is InChI=1S/C22H20ClN3O2/c1-3-24-19(27)12-18-22-20(13(2)28-26-22)16-6-4-5-7-17(16)21(25-18)14-8-10-15(23)11-9-14/h4-11,18H,3,12H2,1-2H3,(H,24,27)/t18-/m0/s1. The summed E-state index contributed by atoms with van der Waals surface area (Å²) in [6.07, 6.45) is 0.206. The van der Waals surface area contributed by atoms with Crippen LogP contribution in [-0.2, 0) is 4.79 Å². The van der Waals surface area contributed by atoms with E-state index in [0.29, 0.717) is 17.3 Å². The second kappa shape index (κ2) is 7.60. The minimum absolute atomic E-state index is 0.0655. The van der Waals surface area contributed by atoms with Crippen molar-refractivity contribution >= 4 is 23.2 Å². The molecule has 1 aromatic heterocycles. The van der Waals surface area contributed by atoms with Crippen LogP contribution in [0, 0.1) is 6.92 Å². The first kappa shape index (κ1) is 18.4. The number of carbonyl (C=O) groups excluding carboxylic acids is 1. The van der Waals surface area contributed by atoms with E-state index in [2.05, 4.69) is 10.5 Å². The summed E-state index contributed by atoms with van der Waals surface area (Å²) in [5.41, 5.74) is 5.35. The van der Waals surface area contributed by atoms with Crippen molar-refractivity contribution in [1.29, 1.82) is 0 Å². The first-order valence-corrected chi connectivity index (χ1v) is 9.62. The average molecular weight is 394 g/mol. The highest BCUT2D eigenvalue weighted by Crippen LogP contribution is 2.40. The van der Waals surface area contributed by atoms with Crippen molar-refractivity contribution in [3.63, 3.8) is 0 Å². The van der Waals surface area contributed by atoms with Gasteiger partial charge in [0.25, 0.3) is 0 Å². The van der Waals surface area contributed by atoms with Crippen molar-refractivity contribution in [3.8, 4) is 11.1 Å². The van der Waals surface area contributed by atoms with Crippen LogP contribution in [0.5, 0.6) is 0 Å². The lowest BCUT2D eigenvalue weighted by Crippen LogP contribution is -2.24. The van der Waals surface area contributed by atoms with E-state index >= 15 is 0 Å². The van der Waals surface area contributed by atoms with Crippen molar-refractivity contribution < 1.29 is 9.32 Å². The van der Waals surface area contributed by atoms with Crippen LogP contribution >= 0.6 is 11.6 Å². The summed E-state index contributed by atoms with van der Waals surface area (Å²) in [6.45, 7) is 4.36. The Kier molecular flexibility index (Phi) is 5.01. The van der Waals surface area contributed by atoms with Crippen molar-refractivity contribution in [2.75, 3.05) is 6.54 Å². The molecule has 6 heteroatoms. The molecule has 1 atom stereocenters. The van der Waals surface area contributed by atoms with Crippen LogP contribution in [0.4, 0.5) is 0 Å². The fourth-order valence-electron chi connectivity index (χ4n) is 3.56. The van der Waals surface area contributed by atoms with Gasteiger partial charge in [0.1, 0.15) is 17.5 Å². The minimum Gasteiger partial charge on any atom is -0.361 e. The van der Waals surface area contributed by atoms with Gasteiger partial charge in [0.2, 0.25) is 5.91 Å². The van der Waals surface area contributed by atoms with E-state index in [4.69, 9.17) is 21.1 Å². The average Bonchev–Trinajstić information content (AvgIpc) is 3.01. The Hall–Kier alpha value is -2.92. The van der Waals surface area contributed by atoms with E-state index in [0.717, 1.165) is 33.7 Å². The lowest BCUT2D eigenvalue weighted by Gasteiger charge is -2.12. The molecule has 0 unspecified atom stereocenters. The lowest BCUT2D eigenvalue weighted by molar-refractivity contribution is -0.121. The Morgan fingerprint density at radius 3 is 2.57 bits per heavy atom. The van der Waals surface area contributed by atoms with Crippen LogP contribution in [0.15, 0.2) is 58.0 Å². The molecule has 142 valence electrons. The van der Waals surface area contributed by atoms with Crippen molar-refractivity contribution in [3.05, 3.63) is 76.1 Å².